The second kappa shape index (κ2) is 4.78. The van der Waals surface area contributed by atoms with Gasteiger partial charge in [-0.05, 0) is 0 Å². The topological polar surface area (TPSA) is 50.1 Å². The van der Waals surface area contributed by atoms with Crippen molar-refractivity contribution in [3.8, 4) is 6.07 Å². The fourth-order valence-electron chi connectivity index (χ4n) is 0.668. The van der Waals surface area contributed by atoms with Gasteiger partial charge in [0.1, 0.15) is 6.42 Å². The number of halogens is 9. The zero-order valence-corrected chi connectivity index (χ0v) is 8.37. The first-order valence-electron chi connectivity index (χ1n) is 3.99. The summed E-state index contributed by atoms with van der Waals surface area (Å²) in [5, 5.41) is 7.81. The molecule has 0 aliphatic heterocycles. The second-order valence-corrected chi connectivity index (χ2v) is 2.97. The predicted octanol–water partition coefficient (Wildman–Crippen LogP) is 2.87. The first-order valence-corrected chi connectivity index (χ1v) is 3.99. The molecule has 0 radical (unpaired) electrons. The van der Waals surface area contributed by atoms with Crippen LogP contribution in [0.5, 0.6) is 0 Å². The molecule has 0 N–H and O–H groups in total. The number of hydrogen-bond acceptors (Lipinski definition) is 3. The Hall–Kier alpha value is -1.67. The van der Waals surface area contributed by atoms with E-state index < -0.39 is 36.5 Å². The average Bonchev–Trinajstić information content (AvgIpc) is 2.14. The van der Waals surface area contributed by atoms with Gasteiger partial charge in [-0.2, -0.15) is 44.8 Å². The molecule has 0 amide bonds. The fraction of sp³-hybridized carbons (Fsp3) is 0.714. The molecule has 0 aromatic heterocycles. The SMILES string of the molecule is N#CCC(=O)OC(F)(F)C(F)(F)C(F)(F)C(F)(F)F. The smallest absolute Gasteiger partial charge is 0.395 e. The number of ether oxygens (including phenoxy) is 1. The Labute approximate surface area is 98.1 Å². The quantitative estimate of drug-likeness (QED) is 0.593. The maximum absolute atomic E-state index is 12.5. The number of hydrogen-bond donors (Lipinski definition) is 0. The highest BCUT2D eigenvalue weighted by atomic mass is 19.4. The van der Waals surface area contributed by atoms with Crippen molar-refractivity contribution in [1.29, 1.82) is 5.26 Å². The lowest BCUT2D eigenvalue weighted by Gasteiger charge is -2.32. The zero-order chi connectivity index (χ0) is 15.7. The predicted molar refractivity (Wildman–Crippen MR) is 37.2 cm³/mol. The Morgan fingerprint density at radius 3 is 1.68 bits per heavy atom. The third kappa shape index (κ3) is 3.02. The molecule has 0 atom stereocenters. The van der Waals surface area contributed by atoms with Gasteiger partial charge >= 0.3 is 30.1 Å². The minimum atomic E-state index is -7.14. The summed E-state index contributed by atoms with van der Waals surface area (Å²) in [6.45, 7) is 0. The lowest BCUT2D eigenvalue weighted by atomic mass is 10.1. The van der Waals surface area contributed by atoms with Crippen molar-refractivity contribution in [3.63, 3.8) is 0 Å². The van der Waals surface area contributed by atoms with Gasteiger partial charge in [0.05, 0.1) is 6.07 Å². The van der Waals surface area contributed by atoms with Crippen LogP contribution in [0.4, 0.5) is 39.5 Å². The largest absolute Gasteiger partial charge is 0.473 e. The van der Waals surface area contributed by atoms with Gasteiger partial charge in [0.15, 0.2) is 0 Å². The van der Waals surface area contributed by atoms with Crippen molar-refractivity contribution < 1.29 is 49.0 Å². The molecule has 3 nitrogen and oxygen atoms in total. The third-order valence-corrected chi connectivity index (χ3v) is 1.58. The van der Waals surface area contributed by atoms with Crippen LogP contribution in [-0.4, -0.2) is 30.1 Å². The maximum Gasteiger partial charge on any atom is 0.473 e. The van der Waals surface area contributed by atoms with Crippen LogP contribution in [0.3, 0.4) is 0 Å². The molecule has 0 aliphatic rings. The number of carbonyl (C=O) groups excluding carboxylic acids is 1. The summed E-state index contributed by atoms with van der Waals surface area (Å²) in [7, 11) is 0. The molecule has 0 rings (SSSR count). The third-order valence-electron chi connectivity index (χ3n) is 1.58. The van der Waals surface area contributed by atoms with Gasteiger partial charge in [-0.1, -0.05) is 0 Å². The summed E-state index contributed by atoms with van der Waals surface area (Å²) in [5.41, 5.74) is 0. The molecule has 0 heterocycles. The molecule has 19 heavy (non-hydrogen) atoms. The van der Waals surface area contributed by atoms with E-state index in [0.717, 1.165) is 6.07 Å². The lowest BCUT2D eigenvalue weighted by molar-refractivity contribution is -0.435. The normalized spacial score (nSPS) is 13.9. The summed E-state index contributed by atoms with van der Waals surface area (Å²) in [6, 6.07) is 0.848. The van der Waals surface area contributed by atoms with E-state index in [1.165, 1.54) is 0 Å². The number of nitriles is 1. The number of alkyl halides is 9. The Balaban J connectivity index is 5.40. The molecule has 0 aliphatic carbocycles. The van der Waals surface area contributed by atoms with Crippen molar-refractivity contribution in [3.05, 3.63) is 0 Å². The van der Waals surface area contributed by atoms with Crippen LogP contribution in [0.25, 0.3) is 0 Å². The average molecular weight is 303 g/mol. The molecule has 0 saturated carbocycles. The molecule has 0 spiro atoms. The Morgan fingerprint density at radius 1 is 0.947 bits per heavy atom. The highest BCUT2D eigenvalue weighted by Crippen LogP contribution is 2.53. The van der Waals surface area contributed by atoms with Crippen LogP contribution >= 0.6 is 0 Å². The summed E-state index contributed by atoms with van der Waals surface area (Å²) in [5.74, 6) is -16.6. The van der Waals surface area contributed by atoms with E-state index in [9.17, 15) is 44.3 Å². The number of esters is 1. The van der Waals surface area contributed by atoms with E-state index in [-0.39, 0.29) is 0 Å². The first-order chi connectivity index (χ1) is 8.20. The Kier molecular flexibility index (Phi) is 4.36. The van der Waals surface area contributed by atoms with Crippen molar-refractivity contribution in [2.45, 2.75) is 30.6 Å². The van der Waals surface area contributed by atoms with Gasteiger partial charge in [0.25, 0.3) is 0 Å². The van der Waals surface area contributed by atoms with Crippen LogP contribution < -0.4 is 0 Å². The second-order valence-electron chi connectivity index (χ2n) is 2.97. The van der Waals surface area contributed by atoms with Crippen molar-refractivity contribution in [2.75, 3.05) is 0 Å². The molecule has 0 fully saturated rings. The number of rotatable bonds is 4. The molecular formula is C7H2F9NO2. The van der Waals surface area contributed by atoms with E-state index in [4.69, 9.17) is 5.26 Å². The summed E-state index contributed by atoms with van der Waals surface area (Å²) in [6.07, 6.45) is -15.0. The van der Waals surface area contributed by atoms with Gasteiger partial charge in [-0.25, -0.2) is 0 Å². The van der Waals surface area contributed by atoms with E-state index in [0.29, 0.717) is 0 Å². The standard InChI is InChI=1S/C7H2F9NO2/c8-4(9,6(12,13)14)5(10,11)7(15,16)19-3(18)1-2-17/h1H2. The number of nitrogens with zero attached hydrogens (tertiary/aromatic N) is 1. The molecule has 110 valence electrons. The minimum Gasteiger partial charge on any atom is -0.395 e. The van der Waals surface area contributed by atoms with Crippen LogP contribution in [0.1, 0.15) is 6.42 Å². The van der Waals surface area contributed by atoms with Gasteiger partial charge in [0, 0.05) is 0 Å². The fourth-order valence-corrected chi connectivity index (χ4v) is 0.668. The molecule has 0 bridgehead atoms. The summed E-state index contributed by atoms with van der Waals surface area (Å²) < 4.78 is 112. The first kappa shape index (κ1) is 17.3. The van der Waals surface area contributed by atoms with Gasteiger partial charge in [-0.15, -0.1) is 0 Å². The van der Waals surface area contributed by atoms with E-state index in [1.807, 2.05) is 0 Å². The molecule has 0 aromatic carbocycles. The molecule has 12 heteroatoms. The monoisotopic (exact) mass is 303 g/mol. The molecule has 0 unspecified atom stereocenters. The van der Waals surface area contributed by atoms with Crippen LogP contribution in [-0.2, 0) is 9.53 Å². The highest BCUT2D eigenvalue weighted by molar-refractivity contribution is 5.72. The van der Waals surface area contributed by atoms with E-state index in [1.54, 1.807) is 0 Å². The Morgan fingerprint density at radius 2 is 1.37 bits per heavy atom. The molecule has 0 saturated heterocycles. The van der Waals surface area contributed by atoms with Gasteiger partial charge < -0.3 is 4.74 Å². The van der Waals surface area contributed by atoms with Crippen molar-refractivity contribution >= 4 is 5.97 Å². The van der Waals surface area contributed by atoms with Crippen LogP contribution in [0.2, 0.25) is 0 Å². The highest BCUT2D eigenvalue weighted by Gasteiger charge is 2.83. The lowest BCUT2D eigenvalue weighted by Crippen LogP contribution is -2.62. The minimum absolute atomic E-state index is 0.848. The summed E-state index contributed by atoms with van der Waals surface area (Å²) in [4.78, 5) is 10.3. The Bertz CT molecular complexity index is 394. The summed E-state index contributed by atoms with van der Waals surface area (Å²) >= 11 is 0. The van der Waals surface area contributed by atoms with Crippen molar-refractivity contribution in [2.24, 2.45) is 0 Å². The van der Waals surface area contributed by atoms with Gasteiger partial charge in [0.2, 0.25) is 0 Å². The van der Waals surface area contributed by atoms with Crippen LogP contribution in [0, 0.1) is 11.3 Å². The molecule has 0 aromatic rings. The zero-order valence-electron chi connectivity index (χ0n) is 8.37. The van der Waals surface area contributed by atoms with E-state index >= 15 is 0 Å². The number of carbonyl (C=O) groups is 1. The maximum atomic E-state index is 12.5. The van der Waals surface area contributed by atoms with Gasteiger partial charge in [-0.3, -0.25) is 4.79 Å². The molecular weight excluding hydrogens is 301 g/mol. The van der Waals surface area contributed by atoms with Crippen molar-refractivity contribution in [1.82, 2.24) is 0 Å². The van der Waals surface area contributed by atoms with E-state index in [2.05, 4.69) is 4.74 Å². The van der Waals surface area contributed by atoms with Crippen LogP contribution in [0.15, 0.2) is 0 Å².